The van der Waals surface area contributed by atoms with Crippen molar-refractivity contribution in [3.05, 3.63) is 51.4 Å². The molecule has 0 spiro atoms. The summed E-state index contributed by atoms with van der Waals surface area (Å²) in [5, 5.41) is 22.6. The summed E-state index contributed by atoms with van der Waals surface area (Å²) < 4.78 is 5.58. The summed E-state index contributed by atoms with van der Waals surface area (Å²) in [6.07, 6.45) is 3.89. The molecule has 3 N–H and O–H groups in total. The van der Waals surface area contributed by atoms with Crippen LogP contribution in [0.15, 0.2) is 40.9 Å². The van der Waals surface area contributed by atoms with Crippen molar-refractivity contribution in [2.45, 2.75) is 19.4 Å². The van der Waals surface area contributed by atoms with E-state index in [-0.39, 0.29) is 16.7 Å². The van der Waals surface area contributed by atoms with Gasteiger partial charge in [0, 0.05) is 10.1 Å². The van der Waals surface area contributed by atoms with Gasteiger partial charge in [0.1, 0.15) is 5.75 Å². The molecule has 1 aromatic carbocycles. The Morgan fingerprint density at radius 3 is 2.77 bits per heavy atom. The second kappa shape index (κ2) is 7.48. The molecule has 0 fully saturated rings. The van der Waals surface area contributed by atoms with Gasteiger partial charge in [-0.2, -0.15) is 0 Å². The van der Waals surface area contributed by atoms with Crippen molar-refractivity contribution in [3.8, 4) is 5.75 Å². The number of hydrogen-bond acceptors (Lipinski definition) is 4. The van der Waals surface area contributed by atoms with E-state index in [9.17, 15) is 10.0 Å². The fourth-order valence-corrected chi connectivity index (χ4v) is 2.75. The van der Waals surface area contributed by atoms with E-state index in [0.29, 0.717) is 22.2 Å². The van der Waals surface area contributed by atoms with Crippen molar-refractivity contribution in [1.29, 1.82) is 0 Å². The highest BCUT2D eigenvalue weighted by molar-refractivity contribution is 7.80. The Morgan fingerprint density at radius 2 is 2.14 bits per heavy atom. The summed E-state index contributed by atoms with van der Waals surface area (Å²) in [4.78, 5) is 0. The lowest BCUT2D eigenvalue weighted by atomic mass is 9.76. The van der Waals surface area contributed by atoms with E-state index >= 15 is 0 Å². The third-order valence-electron chi connectivity index (χ3n) is 3.13. The fraction of sp³-hybridized carbons (Fsp3) is 0.214. The van der Waals surface area contributed by atoms with Crippen molar-refractivity contribution in [1.82, 2.24) is 5.32 Å². The van der Waals surface area contributed by atoms with Gasteiger partial charge in [0.05, 0.1) is 6.04 Å². The van der Waals surface area contributed by atoms with E-state index in [0.717, 1.165) is 5.56 Å². The van der Waals surface area contributed by atoms with Crippen LogP contribution in [0.2, 0.25) is 5.02 Å². The molecule has 0 amide bonds. The Labute approximate surface area is 144 Å². The van der Waals surface area contributed by atoms with Crippen molar-refractivity contribution in [2.75, 3.05) is 0 Å². The van der Waals surface area contributed by atoms with E-state index in [1.807, 2.05) is 6.92 Å². The molecular weight excluding hydrogens is 344 g/mol. The molecule has 1 aromatic rings. The molecule has 1 aliphatic rings. The van der Waals surface area contributed by atoms with Gasteiger partial charge in [-0.1, -0.05) is 35.4 Å². The molecule has 0 aliphatic heterocycles. The van der Waals surface area contributed by atoms with Crippen LogP contribution in [0.1, 0.15) is 12.0 Å². The second-order valence-electron chi connectivity index (χ2n) is 4.83. The van der Waals surface area contributed by atoms with Crippen LogP contribution in [0.5, 0.6) is 5.75 Å². The van der Waals surface area contributed by atoms with Gasteiger partial charge in [-0.25, -0.2) is 0 Å². The molecule has 0 saturated heterocycles. The monoisotopic (exact) mass is 357 g/mol. The Kier molecular flexibility index (Phi) is 5.89. The minimum Gasteiger partial charge on any atom is -0.432 e. The van der Waals surface area contributed by atoms with Gasteiger partial charge in [-0.15, -0.1) is 0 Å². The quantitative estimate of drug-likeness (QED) is 0.573. The van der Waals surface area contributed by atoms with E-state index in [1.165, 1.54) is 0 Å². The first-order chi connectivity index (χ1) is 10.4. The Balaban J connectivity index is 2.01. The zero-order valence-corrected chi connectivity index (χ0v) is 14.0. The van der Waals surface area contributed by atoms with Crippen molar-refractivity contribution in [3.63, 3.8) is 0 Å². The van der Waals surface area contributed by atoms with Crippen LogP contribution < -0.4 is 10.1 Å². The molecule has 0 heterocycles. The molecule has 1 unspecified atom stereocenters. The lowest BCUT2D eigenvalue weighted by molar-refractivity contribution is 0.419. The average molecular weight is 358 g/mol. The van der Waals surface area contributed by atoms with Crippen LogP contribution in [0, 0.1) is 6.92 Å². The van der Waals surface area contributed by atoms with Gasteiger partial charge >= 0.3 is 7.12 Å². The van der Waals surface area contributed by atoms with Gasteiger partial charge < -0.3 is 20.1 Å². The van der Waals surface area contributed by atoms with Crippen molar-refractivity contribution in [2.24, 2.45) is 0 Å². The van der Waals surface area contributed by atoms with E-state index in [4.69, 9.17) is 40.2 Å². The molecule has 22 heavy (non-hydrogen) atoms. The number of rotatable bonds is 3. The largest absolute Gasteiger partial charge is 0.489 e. The Morgan fingerprint density at radius 1 is 1.41 bits per heavy atom. The third-order valence-corrected chi connectivity index (χ3v) is 3.94. The Bertz CT molecular complexity index is 649. The van der Waals surface area contributed by atoms with E-state index in [2.05, 4.69) is 5.32 Å². The van der Waals surface area contributed by atoms with Crippen LogP contribution in [0.4, 0.5) is 0 Å². The Hall–Kier alpha value is -1.05. The standard InChI is InChI=1S/C14H14BCl2NO3S/c1-8-6-9(16)2-5-13(8)21-14(22)18-10-3-4-12(17)11(7-10)15(19)20/h2,4-7,10,19-20H,3H2,1H3,(H,18,22). The number of nitrogens with one attached hydrogen (secondary N) is 1. The number of hydrogen-bond donors (Lipinski definition) is 3. The third kappa shape index (κ3) is 4.47. The summed E-state index contributed by atoms with van der Waals surface area (Å²) in [5.74, 6) is 0.609. The summed E-state index contributed by atoms with van der Waals surface area (Å²) in [6, 6.07) is 5.01. The average Bonchev–Trinajstić information content (AvgIpc) is 2.44. The fourth-order valence-electron chi connectivity index (χ4n) is 2.03. The summed E-state index contributed by atoms with van der Waals surface area (Å²) >= 11 is 17.0. The number of halogens is 2. The first-order valence-corrected chi connectivity index (χ1v) is 7.71. The number of thiocarbonyl (C=S) groups is 1. The predicted molar refractivity (Wildman–Crippen MR) is 93.2 cm³/mol. The van der Waals surface area contributed by atoms with E-state index in [1.54, 1.807) is 30.4 Å². The zero-order chi connectivity index (χ0) is 16.3. The second-order valence-corrected chi connectivity index (χ2v) is 6.05. The first kappa shape index (κ1) is 17.3. The smallest absolute Gasteiger partial charge is 0.432 e. The van der Waals surface area contributed by atoms with Crippen molar-refractivity contribution < 1.29 is 14.8 Å². The molecule has 1 atom stereocenters. The van der Waals surface area contributed by atoms with Crippen LogP contribution in [-0.4, -0.2) is 28.4 Å². The molecule has 116 valence electrons. The highest BCUT2D eigenvalue weighted by Gasteiger charge is 2.23. The molecule has 0 aromatic heterocycles. The normalized spacial score (nSPS) is 17.4. The number of aryl methyl sites for hydroxylation is 1. The maximum absolute atomic E-state index is 9.25. The van der Waals surface area contributed by atoms with E-state index < -0.39 is 7.12 Å². The van der Waals surface area contributed by atoms with Gasteiger partial charge in [0.2, 0.25) is 0 Å². The number of ether oxygens (including phenoxy) is 1. The highest BCUT2D eigenvalue weighted by Crippen LogP contribution is 2.24. The maximum Gasteiger partial charge on any atom is 0.489 e. The molecular formula is C14H14BCl2NO3S. The van der Waals surface area contributed by atoms with Gasteiger partial charge in [-0.3, -0.25) is 0 Å². The summed E-state index contributed by atoms with van der Waals surface area (Å²) in [5.41, 5.74) is 1.11. The minimum absolute atomic E-state index is 0.185. The molecule has 0 bridgehead atoms. The summed E-state index contributed by atoms with van der Waals surface area (Å²) in [6.45, 7) is 1.87. The van der Waals surface area contributed by atoms with Gasteiger partial charge in [0.25, 0.3) is 5.17 Å². The van der Waals surface area contributed by atoms with Crippen LogP contribution in [-0.2, 0) is 0 Å². The van der Waals surface area contributed by atoms with Crippen LogP contribution in [0.3, 0.4) is 0 Å². The molecule has 2 rings (SSSR count). The predicted octanol–water partition coefficient (Wildman–Crippen LogP) is 2.74. The molecule has 0 saturated carbocycles. The molecule has 8 heteroatoms. The number of allylic oxidation sites excluding steroid dienone is 2. The lowest BCUT2D eigenvalue weighted by Gasteiger charge is -2.21. The van der Waals surface area contributed by atoms with Crippen molar-refractivity contribution >= 4 is 47.7 Å². The topological polar surface area (TPSA) is 61.7 Å². The first-order valence-electron chi connectivity index (χ1n) is 6.55. The molecule has 1 aliphatic carbocycles. The zero-order valence-electron chi connectivity index (χ0n) is 11.7. The maximum atomic E-state index is 9.25. The molecule has 0 radical (unpaired) electrons. The van der Waals surface area contributed by atoms with Gasteiger partial charge in [-0.05, 0) is 54.8 Å². The number of benzene rings is 1. The van der Waals surface area contributed by atoms with Crippen LogP contribution in [0.25, 0.3) is 0 Å². The summed E-state index contributed by atoms with van der Waals surface area (Å²) in [7, 11) is -1.62. The lowest BCUT2D eigenvalue weighted by Crippen LogP contribution is -2.37. The van der Waals surface area contributed by atoms with Gasteiger partial charge in [0.15, 0.2) is 0 Å². The SMILES string of the molecule is Cc1cc(Cl)ccc1OC(=S)NC1C=C(B(O)O)C(Cl)=CC1. The molecule has 4 nitrogen and oxygen atoms in total. The minimum atomic E-state index is -1.62. The highest BCUT2D eigenvalue weighted by atomic mass is 35.5. The van der Waals surface area contributed by atoms with Crippen LogP contribution >= 0.6 is 35.4 Å².